The fourth-order valence-electron chi connectivity index (χ4n) is 1.82. The Morgan fingerprint density at radius 3 is 2.47 bits per heavy atom. The largest absolute Gasteiger partial charge is 0.324 e. The molecule has 0 radical (unpaired) electrons. The van der Waals surface area contributed by atoms with E-state index in [1.165, 1.54) is 0 Å². The number of nitrogens with two attached hydrogens (primary N) is 1. The second-order valence-corrected chi connectivity index (χ2v) is 4.85. The van der Waals surface area contributed by atoms with Gasteiger partial charge < -0.3 is 10.6 Å². The van der Waals surface area contributed by atoms with Gasteiger partial charge in [-0.3, -0.25) is 0 Å². The Balaban J connectivity index is 2.63. The van der Waals surface area contributed by atoms with Gasteiger partial charge in [0.25, 0.3) is 0 Å². The van der Waals surface area contributed by atoms with E-state index in [0.29, 0.717) is 10.0 Å². The Hall–Kier alpha value is -0.280. The molecule has 0 fully saturated rings. The molecule has 2 N–H and O–H groups in total. The highest BCUT2D eigenvalue weighted by Crippen LogP contribution is 2.30. The zero-order valence-electron chi connectivity index (χ0n) is 10.4. The predicted octanol–water partition coefficient (Wildman–Crippen LogP) is 3.73. The van der Waals surface area contributed by atoms with Crippen molar-refractivity contribution in [2.45, 2.75) is 26.3 Å². The van der Waals surface area contributed by atoms with Crippen molar-refractivity contribution in [2.24, 2.45) is 5.73 Å². The van der Waals surface area contributed by atoms with Gasteiger partial charge in [-0.1, -0.05) is 49.2 Å². The first-order valence-electron chi connectivity index (χ1n) is 6.02. The lowest BCUT2D eigenvalue weighted by Crippen LogP contribution is -2.27. The van der Waals surface area contributed by atoms with E-state index in [-0.39, 0.29) is 6.04 Å². The van der Waals surface area contributed by atoms with E-state index in [4.69, 9.17) is 28.9 Å². The first-order valence-corrected chi connectivity index (χ1v) is 6.77. The summed E-state index contributed by atoms with van der Waals surface area (Å²) in [5, 5.41) is 1.16. The lowest BCUT2D eigenvalue weighted by Gasteiger charge is -2.21. The molecule has 4 heteroatoms. The third-order valence-electron chi connectivity index (χ3n) is 3.03. The van der Waals surface area contributed by atoms with Crippen molar-refractivity contribution in [3.05, 3.63) is 33.8 Å². The fraction of sp³-hybridized carbons (Fsp3) is 0.538. The van der Waals surface area contributed by atoms with Crippen LogP contribution in [-0.2, 0) is 0 Å². The fourth-order valence-corrected chi connectivity index (χ4v) is 2.27. The monoisotopic (exact) mass is 274 g/mol. The summed E-state index contributed by atoms with van der Waals surface area (Å²) in [5.41, 5.74) is 7.09. The maximum Gasteiger partial charge on any atom is 0.0640 e. The summed E-state index contributed by atoms with van der Waals surface area (Å²) < 4.78 is 0. The quantitative estimate of drug-likeness (QED) is 0.857. The summed E-state index contributed by atoms with van der Waals surface area (Å²) in [5.74, 6) is 0. The second kappa shape index (κ2) is 7.22. The highest BCUT2D eigenvalue weighted by Gasteiger charge is 2.13. The number of benzene rings is 1. The molecule has 0 bridgehead atoms. The maximum atomic E-state index is 6.15. The number of hydrogen-bond acceptors (Lipinski definition) is 2. The molecule has 0 saturated heterocycles. The summed E-state index contributed by atoms with van der Waals surface area (Å²) >= 11 is 12.1. The maximum absolute atomic E-state index is 6.15. The van der Waals surface area contributed by atoms with Crippen molar-refractivity contribution in [3.8, 4) is 0 Å². The van der Waals surface area contributed by atoms with Crippen LogP contribution in [0.3, 0.4) is 0 Å². The summed E-state index contributed by atoms with van der Waals surface area (Å²) in [6.45, 7) is 7.39. The molecule has 1 rings (SSSR count). The van der Waals surface area contributed by atoms with Crippen molar-refractivity contribution in [1.29, 1.82) is 0 Å². The van der Waals surface area contributed by atoms with Crippen LogP contribution in [0, 0.1) is 0 Å². The van der Waals surface area contributed by atoms with Crippen molar-refractivity contribution in [2.75, 3.05) is 19.6 Å². The molecule has 96 valence electrons. The Labute approximate surface area is 114 Å². The molecule has 0 aliphatic carbocycles. The van der Waals surface area contributed by atoms with Crippen LogP contribution < -0.4 is 5.73 Å². The summed E-state index contributed by atoms with van der Waals surface area (Å²) in [4.78, 5) is 2.35. The molecule has 1 aromatic rings. The molecule has 0 aliphatic heterocycles. The molecule has 1 aromatic carbocycles. The topological polar surface area (TPSA) is 29.3 Å². The van der Waals surface area contributed by atoms with Gasteiger partial charge in [-0.2, -0.15) is 0 Å². The van der Waals surface area contributed by atoms with E-state index in [9.17, 15) is 0 Å². The first kappa shape index (κ1) is 14.8. The average Bonchev–Trinajstić information content (AvgIpc) is 2.33. The Kier molecular flexibility index (Phi) is 6.28. The van der Waals surface area contributed by atoms with Crippen LogP contribution in [0.1, 0.15) is 31.9 Å². The van der Waals surface area contributed by atoms with Crippen LogP contribution in [-0.4, -0.2) is 24.5 Å². The molecule has 0 aromatic heterocycles. The summed E-state index contributed by atoms with van der Waals surface area (Å²) in [6.07, 6.45) is 0.891. The van der Waals surface area contributed by atoms with Gasteiger partial charge in [-0.15, -0.1) is 0 Å². The van der Waals surface area contributed by atoms with Crippen molar-refractivity contribution < 1.29 is 0 Å². The zero-order chi connectivity index (χ0) is 12.8. The Morgan fingerprint density at radius 2 is 1.88 bits per heavy atom. The van der Waals surface area contributed by atoms with Crippen LogP contribution in [0.2, 0.25) is 10.0 Å². The Morgan fingerprint density at radius 1 is 1.24 bits per heavy atom. The highest BCUT2D eigenvalue weighted by atomic mass is 35.5. The van der Waals surface area contributed by atoms with Crippen LogP contribution in [0.25, 0.3) is 0 Å². The van der Waals surface area contributed by atoms with Gasteiger partial charge in [-0.05, 0) is 37.7 Å². The van der Waals surface area contributed by atoms with E-state index >= 15 is 0 Å². The summed E-state index contributed by atoms with van der Waals surface area (Å²) in [7, 11) is 0. The lowest BCUT2D eigenvalue weighted by molar-refractivity contribution is 0.291. The SMILES string of the molecule is CCN(CC)CCC(N)c1cccc(Cl)c1Cl. The molecule has 0 spiro atoms. The normalized spacial score (nSPS) is 13.1. The van der Waals surface area contributed by atoms with Crippen LogP contribution >= 0.6 is 23.2 Å². The zero-order valence-corrected chi connectivity index (χ0v) is 11.9. The molecule has 0 amide bonds. The van der Waals surface area contributed by atoms with E-state index < -0.39 is 0 Å². The molecule has 0 heterocycles. The minimum atomic E-state index is -0.0539. The molecular formula is C13H20Cl2N2. The summed E-state index contributed by atoms with van der Waals surface area (Å²) in [6, 6.07) is 5.56. The number of rotatable bonds is 6. The molecular weight excluding hydrogens is 255 g/mol. The van der Waals surface area contributed by atoms with Gasteiger partial charge in [-0.25, -0.2) is 0 Å². The first-order chi connectivity index (χ1) is 8.10. The molecule has 1 unspecified atom stereocenters. The Bertz CT molecular complexity index is 351. The number of nitrogens with zero attached hydrogens (tertiary/aromatic N) is 1. The van der Waals surface area contributed by atoms with Crippen molar-refractivity contribution in [1.82, 2.24) is 4.90 Å². The van der Waals surface area contributed by atoms with Gasteiger partial charge in [0.2, 0.25) is 0 Å². The lowest BCUT2D eigenvalue weighted by atomic mass is 10.0. The van der Waals surface area contributed by atoms with Crippen LogP contribution in [0.4, 0.5) is 0 Å². The molecule has 0 saturated carbocycles. The van der Waals surface area contributed by atoms with Gasteiger partial charge in [0, 0.05) is 6.04 Å². The minimum Gasteiger partial charge on any atom is -0.324 e. The smallest absolute Gasteiger partial charge is 0.0640 e. The van der Waals surface area contributed by atoms with E-state index in [2.05, 4.69) is 18.7 Å². The third-order valence-corrected chi connectivity index (χ3v) is 3.87. The highest BCUT2D eigenvalue weighted by molar-refractivity contribution is 6.42. The standard InChI is InChI=1S/C13H20Cl2N2/c1-3-17(4-2)9-8-12(16)10-6-5-7-11(14)13(10)15/h5-7,12H,3-4,8-9,16H2,1-2H3. The van der Waals surface area contributed by atoms with Crippen molar-refractivity contribution >= 4 is 23.2 Å². The van der Waals surface area contributed by atoms with E-state index in [1.54, 1.807) is 6.07 Å². The van der Waals surface area contributed by atoms with Gasteiger partial charge >= 0.3 is 0 Å². The van der Waals surface area contributed by atoms with E-state index in [1.807, 2.05) is 12.1 Å². The van der Waals surface area contributed by atoms with Gasteiger partial charge in [0.1, 0.15) is 0 Å². The minimum absolute atomic E-state index is 0.0539. The molecule has 0 aliphatic rings. The molecule has 2 nitrogen and oxygen atoms in total. The molecule has 1 atom stereocenters. The van der Waals surface area contributed by atoms with Crippen LogP contribution in [0.15, 0.2) is 18.2 Å². The van der Waals surface area contributed by atoms with Gasteiger partial charge in [0.05, 0.1) is 10.0 Å². The second-order valence-electron chi connectivity index (χ2n) is 4.07. The molecule has 17 heavy (non-hydrogen) atoms. The number of halogens is 2. The van der Waals surface area contributed by atoms with Crippen LogP contribution in [0.5, 0.6) is 0 Å². The van der Waals surface area contributed by atoms with E-state index in [0.717, 1.165) is 31.6 Å². The number of hydrogen-bond donors (Lipinski definition) is 1. The van der Waals surface area contributed by atoms with Gasteiger partial charge in [0.15, 0.2) is 0 Å². The third kappa shape index (κ3) is 4.14. The van der Waals surface area contributed by atoms with Crippen molar-refractivity contribution in [3.63, 3.8) is 0 Å². The predicted molar refractivity (Wildman–Crippen MR) is 75.8 cm³/mol. The average molecular weight is 275 g/mol.